The largest absolute Gasteiger partial charge is 0.435 e. The number of nitrogens with zero attached hydrogens (tertiary/aromatic N) is 2. The Labute approximate surface area is 162 Å². The van der Waals surface area contributed by atoms with Gasteiger partial charge in [0.15, 0.2) is 5.69 Å². The van der Waals surface area contributed by atoms with E-state index in [1.54, 1.807) is 48.5 Å². The molecule has 0 radical (unpaired) electrons. The number of aromatic nitrogens is 2. The number of amides is 1. The number of nitrogens with one attached hydrogen (secondary N) is 1. The summed E-state index contributed by atoms with van der Waals surface area (Å²) < 4.78 is 41.7. The molecule has 2 heterocycles. The summed E-state index contributed by atoms with van der Waals surface area (Å²) in [5, 5.41) is 6.40. The maximum absolute atomic E-state index is 13.5. The number of alkyl halides is 3. The summed E-state index contributed by atoms with van der Waals surface area (Å²) in [6, 6.07) is 17.0. The average molecular weight is 401 g/mol. The lowest BCUT2D eigenvalue weighted by Gasteiger charge is -2.05. The van der Waals surface area contributed by atoms with Crippen LogP contribution >= 0.6 is 11.3 Å². The number of carbonyl (C=O) groups excluding carboxylic acids is 1. The van der Waals surface area contributed by atoms with Gasteiger partial charge in [-0.25, -0.2) is 4.68 Å². The Morgan fingerprint density at radius 3 is 2.50 bits per heavy atom. The second-order valence-corrected chi connectivity index (χ2v) is 7.28. The molecule has 0 saturated carbocycles. The van der Waals surface area contributed by atoms with Crippen LogP contribution in [0.3, 0.4) is 0 Å². The fourth-order valence-electron chi connectivity index (χ4n) is 2.89. The van der Waals surface area contributed by atoms with Crippen molar-refractivity contribution in [3.05, 3.63) is 76.8 Å². The zero-order chi connectivity index (χ0) is 19.9. The van der Waals surface area contributed by atoms with Gasteiger partial charge in [-0.3, -0.25) is 4.79 Å². The number of benzene rings is 2. The van der Waals surface area contributed by atoms with Crippen LogP contribution in [0.5, 0.6) is 0 Å². The van der Waals surface area contributed by atoms with E-state index < -0.39 is 17.8 Å². The van der Waals surface area contributed by atoms with Gasteiger partial charge in [0.2, 0.25) is 0 Å². The van der Waals surface area contributed by atoms with E-state index in [0.717, 1.165) is 16.9 Å². The van der Waals surface area contributed by atoms with Gasteiger partial charge in [-0.1, -0.05) is 30.3 Å². The molecule has 2 aromatic heterocycles. The lowest BCUT2D eigenvalue weighted by Crippen LogP contribution is -2.11. The van der Waals surface area contributed by atoms with Crippen LogP contribution in [-0.2, 0) is 6.18 Å². The second kappa shape index (κ2) is 6.79. The van der Waals surface area contributed by atoms with Crippen molar-refractivity contribution in [1.82, 2.24) is 9.78 Å². The Kier molecular flexibility index (Phi) is 4.43. The number of fused-ring (bicyclic) bond motifs is 1. The predicted octanol–water partition coefficient (Wildman–Crippen LogP) is 5.67. The number of aryl methyl sites for hydroxylation is 1. The molecule has 0 bridgehead atoms. The summed E-state index contributed by atoms with van der Waals surface area (Å²) in [5.41, 5.74) is 1.05. The summed E-state index contributed by atoms with van der Waals surface area (Å²) in [4.78, 5) is 13.0. The highest BCUT2D eigenvalue weighted by atomic mass is 32.1. The van der Waals surface area contributed by atoms with Crippen LogP contribution in [0, 0.1) is 6.92 Å². The third-order valence-corrected chi connectivity index (χ3v) is 5.24. The molecule has 4 aromatic rings. The van der Waals surface area contributed by atoms with E-state index in [9.17, 15) is 18.0 Å². The number of carbonyl (C=O) groups is 1. The van der Waals surface area contributed by atoms with Gasteiger partial charge in [0.1, 0.15) is 4.83 Å². The molecule has 4 nitrogen and oxygen atoms in total. The van der Waals surface area contributed by atoms with Crippen molar-refractivity contribution in [2.24, 2.45) is 0 Å². The lowest BCUT2D eigenvalue weighted by atomic mass is 10.2. The summed E-state index contributed by atoms with van der Waals surface area (Å²) in [6.07, 6.45) is -4.62. The summed E-state index contributed by atoms with van der Waals surface area (Å²) in [5.74, 6) is -0.459. The first-order valence-electron chi connectivity index (χ1n) is 8.36. The number of thiophene rings is 1. The van der Waals surface area contributed by atoms with Crippen LogP contribution in [-0.4, -0.2) is 15.7 Å². The number of rotatable bonds is 3. The molecule has 0 unspecified atom stereocenters. The van der Waals surface area contributed by atoms with E-state index >= 15 is 0 Å². The normalized spacial score (nSPS) is 11.7. The van der Waals surface area contributed by atoms with E-state index in [1.165, 1.54) is 10.7 Å². The van der Waals surface area contributed by atoms with Gasteiger partial charge in [-0.05, 0) is 42.8 Å². The van der Waals surface area contributed by atoms with Crippen molar-refractivity contribution >= 4 is 33.1 Å². The molecule has 2 aromatic carbocycles. The Morgan fingerprint density at radius 1 is 1.07 bits per heavy atom. The molecule has 4 rings (SSSR count). The standard InChI is InChI=1S/C20H14F3N3OS/c1-12-6-5-7-13(10-12)24-18(27)16-11-15-17(20(21,22)23)25-26(19(15)28-16)14-8-3-2-4-9-14/h2-11H,1H3,(H,24,27). The first-order chi connectivity index (χ1) is 13.3. The maximum Gasteiger partial charge on any atom is 0.435 e. The molecular formula is C20H14F3N3OS. The number of para-hydroxylation sites is 1. The van der Waals surface area contributed by atoms with E-state index in [-0.39, 0.29) is 15.1 Å². The van der Waals surface area contributed by atoms with Gasteiger partial charge in [0.25, 0.3) is 5.91 Å². The van der Waals surface area contributed by atoms with Gasteiger partial charge in [-0.15, -0.1) is 11.3 Å². The Hall–Kier alpha value is -3.13. The topological polar surface area (TPSA) is 46.9 Å². The Balaban J connectivity index is 1.79. The molecule has 0 saturated heterocycles. The SMILES string of the molecule is Cc1cccc(NC(=O)c2cc3c(C(F)(F)F)nn(-c4ccccc4)c3s2)c1. The van der Waals surface area contributed by atoms with Crippen molar-refractivity contribution in [1.29, 1.82) is 0 Å². The number of hydrogen-bond acceptors (Lipinski definition) is 3. The maximum atomic E-state index is 13.5. The van der Waals surface area contributed by atoms with E-state index in [4.69, 9.17) is 0 Å². The summed E-state index contributed by atoms with van der Waals surface area (Å²) in [6.45, 7) is 1.89. The minimum Gasteiger partial charge on any atom is -0.321 e. The highest BCUT2D eigenvalue weighted by Gasteiger charge is 2.38. The van der Waals surface area contributed by atoms with E-state index in [2.05, 4.69) is 10.4 Å². The first-order valence-corrected chi connectivity index (χ1v) is 9.18. The van der Waals surface area contributed by atoms with Crippen LogP contribution in [0.25, 0.3) is 15.9 Å². The van der Waals surface area contributed by atoms with Crippen molar-refractivity contribution < 1.29 is 18.0 Å². The first kappa shape index (κ1) is 18.2. The second-order valence-electron chi connectivity index (χ2n) is 6.25. The van der Waals surface area contributed by atoms with Gasteiger partial charge in [0.05, 0.1) is 10.6 Å². The van der Waals surface area contributed by atoms with Crippen LogP contribution in [0.4, 0.5) is 18.9 Å². The lowest BCUT2D eigenvalue weighted by molar-refractivity contribution is -0.140. The van der Waals surface area contributed by atoms with Gasteiger partial charge >= 0.3 is 6.18 Å². The third-order valence-electron chi connectivity index (χ3n) is 4.13. The average Bonchev–Trinajstić information content (AvgIpc) is 3.21. The molecule has 8 heteroatoms. The number of halogens is 3. The minimum atomic E-state index is -4.62. The van der Waals surface area contributed by atoms with E-state index in [0.29, 0.717) is 11.4 Å². The molecule has 0 atom stereocenters. The van der Waals surface area contributed by atoms with Crippen LogP contribution in [0.1, 0.15) is 20.9 Å². The number of anilines is 1. The van der Waals surface area contributed by atoms with Crippen molar-refractivity contribution in [2.75, 3.05) is 5.32 Å². The van der Waals surface area contributed by atoms with Gasteiger partial charge in [0, 0.05) is 11.1 Å². The van der Waals surface area contributed by atoms with E-state index in [1.807, 2.05) is 13.0 Å². The zero-order valence-electron chi connectivity index (χ0n) is 14.6. The summed E-state index contributed by atoms with van der Waals surface area (Å²) >= 11 is 0.976. The molecule has 142 valence electrons. The fourth-order valence-corrected chi connectivity index (χ4v) is 3.92. The van der Waals surface area contributed by atoms with Crippen molar-refractivity contribution in [2.45, 2.75) is 13.1 Å². The number of hydrogen-bond donors (Lipinski definition) is 1. The molecule has 1 N–H and O–H groups in total. The molecule has 0 aliphatic rings. The molecule has 0 aliphatic carbocycles. The minimum absolute atomic E-state index is 0.0873. The highest BCUT2D eigenvalue weighted by Crippen LogP contribution is 2.39. The molecule has 0 aliphatic heterocycles. The van der Waals surface area contributed by atoms with Crippen LogP contribution in [0.15, 0.2) is 60.7 Å². The highest BCUT2D eigenvalue weighted by molar-refractivity contribution is 7.20. The van der Waals surface area contributed by atoms with Crippen molar-refractivity contribution in [3.63, 3.8) is 0 Å². The molecule has 28 heavy (non-hydrogen) atoms. The zero-order valence-corrected chi connectivity index (χ0v) is 15.4. The molecule has 1 amide bonds. The molecular weight excluding hydrogens is 387 g/mol. The van der Waals surface area contributed by atoms with Gasteiger partial charge < -0.3 is 5.32 Å². The summed E-state index contributed by atoms with van der Waals surface area (Å²) in [7, 11) is 0. The smallest absolute Gasteiger partial charge is 0.321 e. The van der Waals surface area contributed by atoms with Crippen LogP contribution in [0.2, 0.25) is 0 Å². The van der Waals surface area contributed by atoms with Crippen molar-refractivity contribution in [3.8, 4) is 5.69 Å². The fraction of sp³-hybridized carbons (Fsp3) is 0.100. The Bertz CT molecular complexity index is 1160. The van der Waals surface area contributed by atoms with Crippen LogP contribution < -0.4 is 5.32 Å². The monoisotopic (exact) mass is 401 g/mol. The molecule has 0 spiro atoms. The quantitative estimate of drug-likeness (QED) is 0.481. The third kappa shape index (κ3) is 3.38. The molecule has 0 fully saturated rings. The Morgan fingerprint density at radius 2 is 1.82 bits per heavy atom. The van der Waals surface area contributed by atoms with Gasteiger partial charge in [-0.2, -0.15) is 18.3 Å². The predicted molar refractivity (Wildman–Crippen MR) is 103 cm³/mol.